The van der Waals surface area contributed by atoms with E-state index < -0.39 is 0 Å². The first kappa shape index (κ1) is 16.0. The molecule has 4 rings (SSSR count). The molecule has 25 heavy (non-hydrogen) atoms. The fraction of sp³-hybridized carbons (Fsp3) is 0.0588. The van der Waals surface area contributed by atoms with Gasteiger partial charge in [-0.2, -0.15) is 0 Å². The average molecular weight is 371 g/mol. The number of benzene rings is 1. The second-order valence-electron chi connectivity index (χ2n) is 5.36. The summed E-state index contributed by atoms with van der Waals surface area (Å²) in [6.07, 6.45) is 6.56. The predicted molar refractivity (Wildman–Crippen MR) is 100 cm³/mol. The Bertz CT molecular complexity index is 898. The van der Waals surface area contributed by atoms with Crippen molar-refractivity contribution in [2.75, 3.05) is 9.96 Å². The lowest BCUT2D eigenvalue weighted by Crippen LogP contribution is -2.25. The van der Waals surface area contributed by atoms with Gasteiger partial charge in [0.2, 0.25) is 0 Å². The molecule has 0 radical (unpaired) electrons. The van der Waals surface area contributed by atoms with Crippen LogP contribution in [0.4, 0.5) is 11.5 Å². The Balaban J connectivity index is 1.72. The number of hydrogen-bond donors (Lipinski definition) is 1. The molecule has 0 spiro atoms. The highest BCUT2D eigenvalue weighted by Crippen LogP contribution is 2.41. The van der Waals surface area contributed by atoms with Gasteiger partial charge in [0.25, 0.3) is 0 Å². The van der Waals surface area contributed by atoms with Gasteiger partial charge >= 0.3 is 0 Å². The molecule has 1 aliphatic rings. The van der Waals surface area contributed by atoms with Crippen molar-refractivity contribution < 1.29 is 0 Å². The summed E-state index contributed by atoms with van der Waals surface area (Å²) in [6.45, 7) is 0.546. The van der Waals surface area contributed by atoms with Gasteiger partial charge in [0.1, 0.15) is 5.82 Å². The molecule has 3 aromatic rings. The summed E-state index contributed by atoms with van der Waals surface area (Å²) in [5.74, 6) is 0.411. The maximum atomic E-state index is 12.4. The van der Waals surface area contributed by atoms with Gasteiger partial charge in [-0.15, -0.1) is 0 Å². The molecule has 1 N–H and O–H groups in total. The maximum absolute atomic E-state index is 12.4. The Labute approximate surface area is 153 Å². The number of nitrogens with one attached hydrogen (secondary N) is 1. The van der Waals surface area contributed by atoms with Gasteiger partial charge in [-0.05, 0) is 36.4 Å². The van der Waals surface area contributed by atoms with Crippen LogP contribution in [0.3, 0.4) is 0 Å². The van der Waals surface area contributed by atoms with E-state index in [0.717, 1.165) is 26.4 Å². The smallest absolute Gasteiger partial charge is 0.136 e. The number of hydrogen-bond acceptors (Lipinski definition) is 6. The van der Waals surface area contributed by atoms with Crippen LogP contribution in [0.5, 0.6) is 0 Å². The highest BCUT2D eigenvalue weighted by Gasteiger charge is 2.21. The molecule has 0 bridgehead atoms. The van der Waals surface area contributed by atoms with E-state index in [0.29, 0.717) is 17.4 Å². The monoisotopic (exact) mass is 370 g/mol. The van der Waals surface area contributed by atoms with E-state index in [2.05, 4.69) is 15.0 Å². The van der Waals surface area contributed by atoms with Crippen molar-refractivity contribution in [2.45, 2.75) is 11.4 Å². The number of aromatic nitrogens is 3. The van der Waals surface area contributed by atoms with E-state index in [1.165, 1.54) is 11.8 Å². The predicted octanol–water partition coefficient (Wildman–Crippen LogP) is 4.37. The second-order valence-corrected chi connectivity index (χ2v) is 6.86. The van der Waals surface area contributed by atoms with Crippen LogP contribution >= 0.6 is 23.4 Å². The minimum absolute atomic E-state index is 0.411. The van der Waals surface area contributed by atoms with Gasteiger partial charge in [-0.1, -0.05) is 23.4 Å². The van der Waals surface area contributed by atoms with Crippen molar-refractivity contribution in [2.24, 2.45) is 0 Å². The van der Waals surface area contributed by atoms with Crippen LogP contribution in [-0.4, -0.2) is 15.0 Å². The summed E-state index contributed by atoms with van der Waals surface area (Å²) >= 11 is 7.52. The van der Waals surface area contributed by atoms with Crippen molar-refractivity contribution in [1.82, 2.24) is 15.0 Å². The molecule has 0 aliphatic carbocycles. The second kappa shape index (κ2) is 6.79. The Morgan fingerprint density at radius 3 is 2.84 bits per heavy atom. The summed E-state index contributed by atoms with van der Waals surface area (Å²) < 4.78 is 0. The molecule has 0 saturated heterocycles. The number of rotatable bonds is 4. The van der Waals surface area contributed by atoms with Crippen molar-refractivity contribution in [3.63, 3.8) is 0 Å². The topological polar surface area (TPSA) is 71.1 Å². The van der Waals surface area contributed by atoms with Crippen LogP contribution in [0.15, 0.2) is 71.2 Å². The third-order valence-electron chi connectivity index (χ3n) is 3.69. The molecule has 8 heteroatoms. The maximum Gasteiger partial charge on any atom is 0.136 e. The van der Waals surface area contributed by atoms with Crippen LogP contribution in [0.25, 0.3) is 0 Å². The zero-order chi connectivity index (χ0) is 17.2. The number of H-pyrrole nitrogens is 1. The average Bonchev–Trinajstić information content (AvgIpc) is 3.14. The summed E-state index contributed by atoms with van der Waals surface area (Å²) in [6, 6.07) is 11.2. The lowest BCUT2D eigenvalue weighted by molar-refractivity contribution is 0.913. The number of aromatic amines is 1. The van der Waals surface area contributed by atoms with Crippen molar-refractivity contribution in [3.05, 3.63) is 82.3 Å². The molecule has 1 aromatic carbocycles. The molecular formula is C17H13ClN5OS-. The standard InChI is InChI=1S/C17H13ClN5OS/c18-12-3-5-14(6-4-12)22(9-13-8-19-11-21-13)16-10-23(24)17-15(25-16)2-1-7-20-17/h1-8,10-11H,9H2,(H,19,21)/q-1. The molecule has 2 aromatic heterocycles. The highest BCUT2D eigenvalue weighted by molar-refractivity contribution is 8.03. The Hall–Kier alpha value is -2.48. The van der Waals surface area contributed by atoms with Crippen LogP contribution in [0, 0.1) is 5.21 Å². The molecule has 0 unspecified atom stereocenters. The Morgan fingerprint density at radius 1 is 1.24 bits per heavy atom. The first-order chi connectivity index (χ1) is 12.2. The van der Waals surface area contributed by atoms with E-state index >= 15 is 0 Å². The molecule has 0 amide bonds. The third kappa shape index (κ3) is 3.34. The van der Waals surface area contributed by atoms with Crippen LogP contribution < -0.4 is 9.96 Å². The molecule has 6 nitrogen and oxygen atoms in total. The first-order valence-electron chi connectivity index (χ1n) is 7.52. The number of thioether (sulfide) groups is 1. The van der Waals surface area contributed by atoms with Crippen LogP contribution in [0.1, 0.15) is 5.69 Å². The Kier molecular flexibility index (Phi) is 4.35. The molecule has 0 atom stereocenters. The molecule has 0 saturated carbocycles. The van der Waals surface area contributed by atoms with E-state index in [1.807, 2.05) is 41.3 Å². The third-order valence-corrected chi connectivity index (χ3v) is 5.01. The van der Waals surface area contributed by atoms with E-state index in [9.17, 15) is 5.21 Å². The lowest BCUT2D eigenvalue weighted by atomic mass is 10.3. The number of nitrogens with zero attached hydrogens (tertiary/aromatic N) is 4. The highest BCUT2D eigenvalue weighted by atomic mass is 35.5. The first-order valence-corrected chi connectivity index (χ1v) is 8.71. The van der Waals surface area contributed by atoms with Crippen LogP contribution in [-0.2, 0) is 6.54 Å². The largest absolute Gasteiger partial charge is 0.753 e. The van der Waals surface area contributed by atoms with Gasteiger partial charge < -0.3 is 20.2 Å². The zero-order valence-corrected chi connectivity index (χ0v) is 14.5. The summed E-state index contributed by atoms with van der Waals surface area (Å²) in [5, 5.41) is 14.6. The van der Waals surface area contributed by atoms with Crippen molar-refractivity contribution >= 4 is 34.9 Å². The zero-order valence-electron chi connectivity index (χ0n) is 13.0. The number of anilines is 2. The van der Waals surface area contributed by atoms with Gasteiger partial charge in [-0.25, -0.2) is 9.97 Å². The normalized spacial score (nSPS) is 13.4. The fourth-order valence-corrected chi connectivity index (χ4v) is 3.67. The van der Waals surface area contributed by atoms with Crippen LogP contribution in [0.2, 0.25) is 5.02 Å². The van der Waals surface area contributed by atoms with Gasteiger partial charge in [0, 0.05) is 29.3 Å². The van der Waals surface area contributed by atoms with Gasteiger partial charge in [0.15, 0.2) is 0 Å². The molecule has 1 aliphatic heterocycles. The van der Waals surface area contributed by atoms with Crippen molar-refractivity contribution in [1.29, 1.82) is 0 Å². The number of imidazole rings is 1. The number of pyridine rings is 1. The quantitative estimate of drug-likeness (QED) is 0.735. The van der Waals surface area contributed by atoms with E-state index in [4.69, 9.17) is 11.6 Å². The van der Waals surface area contributed by atoms with Gasteiger partial charge in [0.05, 0.1) is 28.5 Å². The number of halogens is 1. The molecular weight excluding hydrogens is 358 g/mol. The fourth-order valence-electron chi connectivity index (χ4n) is 2.51. The minimum atomic E-state index is 0.411. The molecule has 3 heterocycles. The number of hydroxylamine groups is 1. The van der Waals surface area contributed by atoms with Crippen molar-refractivity contribution in [3.8, 4) is 0 Å². The summed E-state index contributed by atoms with van der Waals surface area (Å²) in [7, 11) is 0. The summed E-state index contributed by atoms with van der Waals surface area (Å²) in [4.78, 5) is 14.2. The van der Waals surface area contributed by atoms with E-state index in [1.54, 1.807) is 24.9 Å². The minimum Gasteiger partial charge on any atom is -0.753 e. The molecule has 126 valence electrons. The SMILES string of the molecule is [O-]N1C=C(N(Cc2cnc[nH]2)c2ccc(Cl)cc2)Sc2cccnc21. The summed E-state index contributed by atoms with van der Waals surface area (Å²) in [5.41, 5.74) is 1.87. The molecule has 0 fully saturated rings. The van der Waals surface area contributed by atoms with Gasteiger partial charge in [-0.3, -0.25) is 0 Å². The Morgan fingerprint density at radius 2 is 2.08 bits per heavy atom. The number of fused-ring (bicyclic) bond motifs is 1. The lowest BCUT2D eigenvalue weighted by Gasteiger charge is -2.36. The van der Waals surface area contributed by atoms with E-state index in [-0.39, 0.29) is 0 Å².